The second-order valence-corrected chi connectivity index (χ2v) is 10.7. The molecule has 1 heterocycles. The van der Waals surface area contributed by atoms with Crippen LogP contribution < -0.4 is 0 Å². The average molecular weight is 423 g/mol. The molecule has 1 aliphatic rings. The lowest BCUT2D eigenvalue weighted by Crippen LogP contribution is -2.39. The quantitative estimate of drug-likeness (QED) is 0.363. The molecule has 0 fully saturated rings. The summed E-state index contributed by atoms with van der Waals surface area (Å²) in [7, 11) is 2.19. The van der Waals surface area contributed by atoms with Crippen molar-refractivity contribution in [1.29, 1.82) is 0 Å². The van der Waals surface area contributed by atoms with Crippen molar-refractivity contribution in [3.63, 3.8) is 0 Å². The standard InChI is InChI=1S/C29H46N2/c1-9-19-29(7,26-14-12-11-13-15-26)21-22-31(10-2)24(3)27-17-16-25(23-30(27)8)18-20-28(4,5)6/h11-17,23,27H,3,9-10,18-22H2,1-2,4-8H3. The predicted octanol–water partition coefficient (Wildman–Crippen LogP) is 7.55. The van der Waals surface area contributed by atoms with Crippen LogP contribution in [-0.2, 0) is 5.41 Å². The molecular weight excluding hydrogens is 376 g/mol. The van der Waals surface area contributed by atoms with E-state index in [0.717, 1.165) is 25.9 Å². The van der Waals surface area contributed by atoms with Crippen molar-refractivity contribution >= 4 is 0 Å². The first-order valence-corrected chi connectivity index (χ1v) is 12.2. The summed E-state index contributed by atoms with van der Waals surface area (Å²) in [5.41, 5.74) is 4.66. The predicted molar refractivity (Wildman–Crippen MR) is 137 cm³/mol. The largest absolute Gasteiger partial charge is 0.374 e. The lowest BCUT2D eigenvalue weighted by atomic mass is 9.76. The molecule has 31 heavy (non-hydrogen) atoms. The highest BCUT2D eigenvalue weighted by Crippen LogP contribution is 2.34. The number of nitrogens with zero attached hydrogens (tertiary/aromatic N) is 2. The minimum absolute atomic E-state index is 0.206. The summed E-state index contributed by atoms with van der Waals surface area (Å²) >= 11 is 0. The minimum Gasteiger partial charge on any atom is -0.374 e. The molecule has 2 nitrogen and oxygen atoms in total. The van der Waals surface area contributed by atoms with Crippen LogP contribution in [0.3, 0.4) is 0 Å². The van der Waals surface area contributed by atoms with Gasteiger partial charge < -0.3 is 9.80 Å². The van der Waals surface area contributed by atoms with Crippen molar-refractivity contribution < 1.29 is 0 Å². The SMILES string of the molecule is C=C(C1C=CC(CCC(C)(C)C)=CN1C)N(CC)CCC(C)(CCC)c1ccccc1. The Morgan fingerprint density at radius 2 is 1.71 bits per heavy atom. The van der Waals surface area contributed by atoms with Crippen molar-refractivity contribution in [3.05, 3.63) is 72.1 Å². The van der Waals surface area contributed by atoms with E-state index in [1.807, 2.05) is 0 Å². The van der Waals surface area contributed by atoms with E-state index in [4.69, 9.17) is 0 Å². The van der Waals surface area contributed by atoms with Gasteiger partial charge in [0.1, 0.15) is 0 Å². The van der Waals surface area contributed by atoms with Gasteiger partial charge in [0.15, 0.2) is 0 Å². The average Bonchev–Trinajstić information content (AvgIpc) is 2.73. The van der Waals surface area contributed by atoms with E-state index in [1.54, 1.807) is 0 Å². The summed E-state index contributed by atoms with van der Waals surface area (Å²) in [6.45, 7) is 20.5. The summed E-state index contributed by atoms with van der Waals surface area (Å²) in [5, 5.41) is 0. The van der Waals surface area contributed by atoms with E-state index in [9.17, 15) is 0 Å². The Morgan fingerprint density at radius 3 is 2.26 bits per heavy atom. The molecule has 1 aliphatic heterocycles. The van der Waals surface area contributed by atoms with Crippen molar-refractivity contribution in [1.82, 2.24) is 9.80 Å². The van der Waals surface area contributed by atoms with Gasteiger partial charge in [-0.25, -0.2) is 0 Å². The number of hydrogen-bond donors (Lipinski definition) is 0. The van der Waals surface area contributed by atoms with E-state index in [1.165, 1.54) is 36.1 Å². The summed E-state index contributed by atoms with van der Waals surface area (Å²) in [5.74, 6) is 0. The summed E-state index contributed by atoms with van der Waals surface area (Å²) in [6, 6.07) is 11.3. The zero-order valence-corrected chi connectivity index (χ0v) is 21.2. The maximum Gasteiger partial charge on any atom is 0.0862 e. The first-order valence-electron chi connectivity index (χ1n) is 12.2. The van der Waals surface area contributed by atoms with Gasteiger partial charge in [-0.05, 0) is 54.6 Å². The van der Waals surface area contributed by atoms with Gasteiger partial charge in [0.05, 0.1) is 6.04 Å². The molecule has 2 atom stereocenters. The third kappa shape index (κ3) is 7.30. The molecule has 172 valence electrons. The molecule has 2 rings (SSSR count). The number of hydrogen-bond acceptors (Lipinski definition) is 2. The van der Waals surface area contributed by atoms with Crippen LogP contribution in [0.4, 0.5) is 0 Å². The number of benzene rings is 1. The third-order valence-corrected chi connectivity index (χ3v) is 6.80. The van der Waals surface area contributed by atoms with E-state index in [0.29, 0.717) is 5.41 Å². The summed E-state index contributed by atoms with van der Waals surface area (Å²) in [4.78, 5) is 4.82. The van der Waals surface area contributed by atoms with Gasteiger partial charge in [0, 0.05) is 32.0 Å². The molecule has 0 saturated carbocycles. The Balaban J connectivity index is 2.03. The van der Waals surface area contributed by atoms with Crippen LogP contribution in [-0.4, -0.2) is 36.0 Å². The van der Waals surface area contributed by atoms with Gasteiger partial charge >= 0.3 is 0 Å². The maximum absolute atomic E-state index is 4.53. The van der Waals surface area contributed by atoms with Gasteiger partial charge in [-0.2, -0.15) is 0 Å². The van der Waals surface area contributed by atoms with E-state index < -0.39 is 0 Å². The highest BCUT2D eigenvalue weighted by Gasteiger charge is 2.28. The highest BCUT2D eigenvalue weighted by molar-refractivity contribution is 5.30. The normalized spacial score (nSPS) is 18.5. The molecule has 0 aliphatic carbocycles. The van der Waals surface area contributed by atoms with Crippen molar-refractivity contribution in [2.24, 2.45) is 5.41 Å². The molecule has 2 heteroatoms. The first-order chi connectivity index (χ1) is 14.6. The molecule has 0 radical (unpaired) electrons. The van der Waals surface area contributed by atoms with Crippen molar-refractivity contribution in [3.8, 4) is 0 Å². The maximum atomic E-state index is 4.53. The van der Waals surface area contributed by atoms with Gasteiger partial charge in [-0.1, -0.05) is 90.1 Å². The molecule has 1 aromatic rings. The fraction of sp³-hybridized carbons (Fsp3) is 0.586. The summed E-state index contributed by atoms with van der Waals surface area (Å²) in [6.07, 6.45) is 12.9. The number of rotatable bonds is 11. The zero-order chi connectivity index (χ0) is 23.1. The lowest BCUT2D eigenvalue weighted by molar-refractivity contribution is 0.257. The third-order valence-electron chi connectivity index (χ3n) is 6.80. The Hall–Kier alpha value is -1.96. The van der Waals surface area contributed by atoms with E-state index in [2.05, 4.69) is 114 Å². The first kappa shape index (κ1) is 25.3. The topological polar surface area (TPSA) is 6.48 Å². The van der Waals surface area contributed by atoms with Gasteiger partial charge in [-0.3, -0.25) is 0 Å². The van der Waals surface area contributed by atoms with Crippen LogP contribution in [0.15, 0.2) is 66.5 Å². The number of allylic oxidation sites excluding steroid dienone is 2. The molecule has 0 saturated heterocycles. The molecular formula is C29H46N2. The molecule has 0 N–H and O–H groups in total. The molecule has 0 bridgehead atoms. The van der Waals surface area contributed by atoms with Crippen molar-refractivity contribution in [2.75, 3.05) is 20.1 Å². The van der Waals surface area contributed by atoms with Gasteiger partial charge in [0.2, 0.25) is 0 Å². The molecule has 1 aromatic carbocycles. The van der Waals surface area contributed by atoms with Crippen LogP contribution >= 0.6 is 0 Å². The van der Waals surface area contributed by atoms with E-state index >= 15 is 0 Å². The molecule has 2 unspecified atom stereocenters. The smallest absolute Gasteiger partial charge is 0.0862 e. The second kappa shape index (κ2) is 11.1. The van der Waals surface area contributed by atoms with Crippen molar-refractivity contribution in [2.45, 2.75) is 85.1 Å². The van der Waals surface area contributed by atoms with Crippen LogP contribution in [0.1, 0.15) is 79.2 Å². The van der Waals surface area contributed by atoms with Gasteiger partial charge in [-0.15, -0.1) is 0 Å². The zero-order valence-electron chi connectivity index (χ0n) is 21.2. The molecule has 0 spiro atoms. The summed E-state index contributed by atoms with van der Waals surface area (Å²) < 4.78 is 0. The fourth-order valence-electron chi connectivity index (χ4n) is 4.63. The fourth-order valence-corrected chi connectivity index (χ4v) is 4.63. The Kier molecular flexibility index (Phi) is 9.03. The minimum atomic E-state index is 0.206. The Labute approximate surface area is 192 Å². The van der Waals surface area contributed by atoms with E-state index in [-0.39, 0.29) is 11.5 Å². The Bertz CT molecular complexity index is 753. The Morgan fingerprint density at radius 1 is 1.03 bits per heavy atom. The van der Waals surface area contributed by atoms with Gasteiger partial charge in [0.25, 0.3) is 0 Å². The molecule has 0 amide bonds. The lowest BCUT2D eigenvalue weighted by Gasteiger charge is -2.38. The van der Waals surface area contributed by atoms with Crippen LogP contribution in [0.25, 0.3) is 0 Å². The number of likely N-dealkylation sites (N-methyl/N-ethyl adjacent to an activating group) is 2. The van der Waals surface area contributed by atoms with Crippen LogP contribution in [0, 0.1) is 5.41 Å². The highest BCUT2D eigenvalue weighted by atomic mass is 15.2. The second-order valence-electron chi connectivity index (χ2n) is 10.7. The van der Waals surface area contributed by atoms with Crippen LogP contribution in [0.5, 0.6) is 0 Å². The molecule has 0 aromatic heterocycles. The van der Waals surface area contributed by atoms with Crippen LogP contribution in [0.2, 0.25) is 0 Å². The monoisotopic (exact) mass is 422 g/mol.